The fourth-order valence-electron chi connectivity index (χ4n) is 3.15. The van der Waals surface area contributed by atoms with Gasteiger partial charge in [0.2, 0.25) is 0 Å². The second kappa shape index (κ2) is 8.75. The molecule has 4 N–H and O–H groups in total. The number of carbonyl (C=O) groups excluding carboxylic acids is 1. The number of benzene rings is 2. The highest BCUT2D eigenvalue weighted by Crippen LogP contribution is 2.18. The van der Waals surface area contributed by atoms with Gasteiger partial charge in [0.1, 0.15) is 11.6 Å². The van der Waals surface area contributed by atoms with Gasteiger partial charge in [0, 0.05) is 49.5 Å². The molecule has 1 fully saturated rings. The molecule has 1 heterocycles. The molecule has 1 aliphatic heterocycles. The van der Waals surface area contributed by atoms with Gasteiger partial charge in [-0.25, -0.2) is 0 Å². The van der Waals surface area contributed by atoms with Crippen molar-refractivity contribution >= 4 is 17.4 Å². The lowest BCUT2D eigenvalue weighted by molar-refractivity contribution is 0.0951. The van der Waals surface area contributed by atoms with Crippen molar-refractivity contribution in [1.82, 2.24) is 15.1 Å². The molecule has 0 bridgehead atoms. The molecule has 0 saturated carbocycles. The average molecular weight is 381 g/mol. The molecule has 7 nitrogen and oxygen atoms in total. The second-order valence-corrected chi connectivity index (χ2v) is 6.97. The molecular formula is C21H27N5O2. The Balaban J connectivity index is 1.62. The SMILES string of the molecule is COc1ccc(CNC(=O)c2ccc(C(=N)N3CCN(C)CC3)c(N)c2)cc1. The van der Waals surface area contributed by atoms with Gasteiger partial charge >= 0.3 is 0 Å². The zero-order valence-corrected chi connectivity index (χ0v) is 16.4. The van der Waals surface area contributed by atoms with Gasteiger partial charge in [0.25, 0.3) is 5.91 Å². The van der Waals surface area contributed by atoms with Gasteiger partial charge in [-0.05, 0) is 42.9 Å². The number of nitrogens with zero attached hydrogens (tertiary/aromatic N) is 2. The first kappa shape index (κ1) is 19.7. The lowest BCUT2D eigenvalue weighted by atomic mass is 10.1. The highest BCUT2D eigenvalue weighted by molar-refractivity contribution is 6.03. The van der Waals surface area contributed by atoms with Crippen molar-refractivity contribution in [2.24, 2.45) is 0 Å². The molecule has 0 aliphatic carbocycles. The first-order valence-corrected chi connectivity index (χ1v) is 9.31. The summed E-state index contributed by atoms with van der Waals surface area (Å²) in [7, 11) is 3.70. The smallest absolute Gasteiger partial charge is 0.251 e. The third-order valence-corrected chi connectivity index (χ3v) is 5.00. The number of anilines is 1. The van der Waals surface area contributed by atoms with E-state index in [1.807, 2.05) is 29.2 Å². The van der Waals surface area contributed by atoms with Crippen LogP contribution >= 0.6 is 0 Å². The lowest BCUT2D eigenvalue weighted by Crippen LogP contribution is -2.47. The number of ether oxygens (including phenoxy) is 1. The Hall–Kier alpha value is -3.06. The molecule has 148 valence electrons. The molecule has 28 heavy (non-hydrogen) atoms. The van der Waals surface area contributed by atoms with Gasteiger partial charge in [0.05, 0.1) is 7.11 Å². The maximum absolute atomic E-state index is 12.5. The number of methoxy groups -OCH3 is 1. The number of likely N-dealkylation sites (N-methyl/N-ethyl adjacent to an activating group) is 1. The minimum absolute atomic E-state index is 0.194. The molecule has 1 saturated heterocycles. The highest BCUT2D eigenvalue weighted by atomic mass is 16.5. The van der Waals surface area contributed by atoms with Gasteiger partial charge in [0.15, 0.2) is 0 Å². The topological polar surface area (TPSA) is 94.7 Å². The molecule has 0 aromatic heterocycles. The van der Waals surface area contributed by atoms with Crippen LogP contribution in [-0.2, 0) is 6.54 Å². The van der Waals surface area contributed by atoms with Crippen LogP contribution in [-0.4, -0.2) is 61.9 Å². The number of amidine groups is 1. The van der Waals surface area contributed by atoms with Crippen LogP contribution in [0, 0.1) is 5.41 Å². The predicted molar refractivity (Wildman–Crippen MR) is 111 cm³/mol. The fraction of sp³-hybridized carbons (Fsp3) is 0.333. The fourth-order valence-corrected chi connectivity index (χ4v) is 3.15. The van der Waals surface area contributed by atoms with Crippen LogP contribution in [0.1, 0.15) is 21.5 Å². The molecule has 3 rings (SSSR count). The first-order chi connectivity index (χ1) is 13.5. The van der Waals surface area contributed by atoms with E-state index in [-0.39, 0.29) is 5.91 Å². The van der Waals surface area contributed by atoms with E-state index < -0.39 is 0 Å². The van der Waals surface area contributed by atoms with Crippen molar-refractivity contribution in [2.75, 3.05) is 46.1 Å². The Morgan fingerprint density at radius 1 is 1.14 bits per heavy atom. The molecule has 1 aliphatic rings. The summed E-state index contributed by atoms with van der Waals surface area (Å²) in [4.78, 5) is 16.7. The number of hydrogen-bond acceptors (Lipinski definition) is 5. The van der Waals surface area contributed by atoms with Crippen LogP contribution in [0.25, 0.3) is 0 Å². The quantitative estimate of drug-likeness (QED) is 0.417. The van der Waals surface area contributed by atoms with E-state index in [1.54, 1.807) is 25.3 Å². The molecule has 0 atom stereocenters. The molecule has 0 radical (unpaired) electrons. The predicted octanol–water partition coefficient (Wildman–Crippen LogP) is 1.78. The van der Waals surface area contributed by atoms with Crippen molar-refractivity contribution in [3.8, 4) is 5.75 Å². The molecule has 2 aromatic carbocycles. The molecule has 1 amide bonds. The molecule has 0 spiro atoms. The summed E-state index contributed by atoms with van der Waals surface area (Å²) in [6.07, 6.45) is 0. The third kappa shape index (κ3) is 4.61. The van der Waals surface area contributed by atoms with Gasteiger partial charge in [-0.3, -0.25) is 10.2 Å². The maximum Gasteiger partial charge on any atom is 0.251 e. The number of nitrogen functional groups attached to an aromatic ring is 1. The van der Waals surface area contributed by atoms with E-state index in [0.29, 0.717) is 29.2 Å². The molecule has 2 aromatic rings. The first-order valence-electron chi connectivity index (χ1n) is 9.31. The van der Waals surface area contributed by atoms with Crippen LogP contribution < -0.4 is 15.8 Å². The third-order valence-electron chi connectivity index (χ3n) is 5.00. The number of nitrogens with two attached hydrogens (primary N) is 1. The monoisotopic (exact) mass is 381 g/mol. The zero-order valence-electron chi connectivity index (χ0n) is 16.4. The molecule has 7 heteroatoms. The summed E-state index contributed by atoms with van der Waals surface area (Å²) >= 11 is 0. The summed E-state index contributed by atoms with van der Waals surface area (Å²) in [5, 5.41) is 11.3. The number of hydrogen-bond donors (Lipinski definition) is 3. The average Bonchev–Trinajstić information content (AvgIpc) is 2.72. The van der Waals surface area contributed by atoms with Gasteiger partial charge in [-0.15, -0.1) is 0 Å². The Kier molecular flexibility index (Phi) is 6.16. The summed E-state index contributed by atoms with van der Waals surface area (Å²) < 4.78 is 5.13. The van der Waals surface area contributed by atoms with Crippen molar-refractivity contribution in [3.05, 3.63) is 59.2 Å². The van der Waals surface area contributed by atoms with E-state index in [4.69, 9.17) is 15.9 Å². The minimum atomic E-state index is -0.194. The van der Waals surface area contributed by atoms with Crippen LogP contribution in [0.2, 0.25) is 0 Å². The Morgan fingerprint density at radius 2 is 1.82 bits per heavy atom. The van der Waals surface area contributed by atoms with Crippen molar-refractivity contribution < 1.29 is 9.53 Å². The Morgan fingerprint density at radius 3 is 2.43 bits per heavy atom. The van der Waals surface area contributed by atoms with E-state index in [2.05, 4.69) is 17.3 Å². The summed E-state index contributed by atoms with van der Waals surface area (Å²) in [5.41, 5.74) is 8.74. The largest absolute Gasteiger partial charge is 0.497 e. The Bertz CT molecular complexity index is 842. The summed E-state index contributed by atoms with van der Waals surface area (Å²) in [6, 6.07) is 12.7. The number of amides is 1. The van der Waals surface area contributed by atoms with E-state index in [9.17, 15) is 4.79 Å². The number of piperazine rings is 1. The van der Waals surface area contributed by atoms with Crippen molar-refractivity contribution in [3.63, 3.8) is 0 Å². The number of nitrogens with one attached hydrogen (secondary N) is 2. The van der Waals surface area contributed by atoms with E-state index >= 15 is 0 Å². The molecule has 0 unspecified atom stereocenters. The van der Waals surface area contributed by atoms with Gasteiger partial charge in [-0.2, -0.15) is 0 Å². The van der Waals surface area contributed by atoms with Gasteiger partial charge < -0.3 is 25.6 Å². The van der Waals surface area contributed by atoms with Crippen LogP contribution in [0.3, 0.4) is 0 Å². The minimum Gasteiger partial charge on any atom is -0.497 e. The number of carbonyl (C=O) groups is 1. The lowest BCUT2D eigenvalue weighted by Gasteiger charge is -2.34. The van der Waals surface area contributed by atoms with Crippen molar-refractivity contribution in [2.45, 2.75) is 6.54 Å². The summed E-state index contributed by atoms with van der Waals surface area (Å²) in [6.45, 7) is 3.88. The Labute approximate surface area is 165 Å². The van der Waals surface area contributed by atoms with Crippen molar-refractivity contribution in [1.29, 1.82) is 5.41 Å². The van der Waals surface area contributed by atoms with E-state index in [0.717, 1.165) is 37.5 Å². The van der Waals surface area contributed by atoms with Gasteiger partial charge in [-0.1, -0.05) is 12.1 Å². The van der Waals surface area contributed by atoms with Crippen LogP contribution in [0.4, 0.5) is 5.69 Å². The van der Waals surface area contributed by atoms with Crippen LogP contribution in [0.15, 0.2) is 42.5 Å². The maximum atomic E-state index is 12.5. The standard InChI is InChI=1S/C21H27N5O2/c1-25-9-11-26(12-10-25)20(23)18-8-5-16(13-19(18)22)21(27)24-14-15-3-6-17(28-2)7-4-15/h3-8,13,23H,9-12,14,22H2,1-2H3,(H,24,27). The summed E-state index contributed by atoms with van der Waals surface area (Å²) in [5.74, 6) is 0.997. The zero-order chi connectivity index (χ0) is 20.1. The second-order valence-electron chi connectivity index (χ2n) is 6.97. The van der Waals surface area contributed by atoms with E-state index in [1.165, 1.54) is 0 Å². The normalized spacial score (nSPS) is 14.6. The molecular weight excluding hydrogens is 354 g/mol. The number of rotatable bonds is 5. The van der Waals surface area contributed by atoms with Crippen LogP contribution in [0.5, 0.6) is 5.75 Å². The highest BCUT2D eigenvalue weighted by Gasteiger charge is 2.19.